The van der Waals surface area contributed by atoms with Crippen molar-refractivity contribution < 1.29 is 9.32 Å². The average molecular weight is 413 g/mol. The number of aromatic nitrogens is 1. The lowest BCUT2D eigenvalue weighted by Gasteiger charge is -2.36. The molecule has 0 saturated carbocycles. The van der Waals surface area contributed by atoms with Gasteiger partial charge < -0.3 is 20.1 Å². The number of nitrogens with one attached hydrogen (secondary N) is 2. The number of guanidine groups is 1. The van der Waals surface area contributed by atoms with Crippen LogP contribution in [0.25, 0.3) is 0 Å². The van der Waals surface area contributed by atoms with Crippen LogP contribution in [-0.2, 0) is 13.1 Å². The Bertz CT molecular complexity index is 811. The molecule has 2 N–H and O–H groups in total. The van der Waals surface area contributed by atoms with Gasteiger partial charge in [-0.3, -0.25) is 14.7 Å². The SMILES string of the molecule is CCC(C)NC(=O)c1ccc(CNC(=NC)N2CCN(Cc3ccon3)CC2)cc1. The average Bonchev–Trinajstić information content (AvgIpc) is 3.28. The lowest BCUT2D eigenvalue weighted by atomic mass is 10.1. The molecule has 1 unspecified atom stereocenters. The highest BCUT2D eigenvalue weighted by Crippen LogP contribution is 2.09. The van der Waals surface area contributed by atoms with Gasteiger partial charge in [-0.05, 0) is 31.0 Å². The molecule has 3 rings (SSSR count). The van der Waals surface area contributed by atoms with Gasteiger partial charge in [-0.2, -0.15) is 0 Å². The number of carbonyl (C=O) groups excluding carboxylic acids is 1. The monoisotopic (exact) mass is 412 g/mol. The van der Waals surface area contributed by atoms with Crippen LogP contribution in [0.5, 0.6) is 0 Å². The molecule has 30 heavy (non-hydrogen) atoms. The topological polar surface area (TPSA) is 86.0 Å². The molecule has 1 saturated heterocycles. The van der Waals surface area contributed by atoms with Crippen molar-refractivity contribution in [1.82, 2.24) is 25.6 Å². The number of hydrogen-bond donors (Lipinski definition) is 2. The van der Waals surface area contributed by atoms with Gasteiger partial charge in [-0.15, -0.1) is 0 Å². The van der Waals surface area contributed by atoms with Crippen molar-refractivity contribution in [2.24, 2.45) is 4.99 Å². The molecule has 2 aromatic rings. The summed E-state index contributed by atoms with van der Waals surface area (Å²) in [6.07, 6.45) is 2.53. The van der Waals surface area contributed by atoms with Crippen LogP contribution in [0.1, 0.15) is 41.9 Å². The minimum atomic E-state index is -0.0249. The fourth-order valence-electron chi connectivity index (χ4n) is 3.36. The first-order valence-corrected chi connectivity index (χ1v) is 10.6. The van der Waals surface area contributed by atoms with E-state index >= 15 is 0 Å². The maximum absolute atomic E-state index is 12.2. The van der Waals surface area contributed by atoms with Crippen molar-refractivity contribution in [2.45, 2.75) is 39.4 Å². The van der Waals surface area contributed by atoms with Crippen molar-refractivity contribution in [3.8, 4) is 0 Å². The first-order valence-electron chi connectivity index (χ1n) is 10.6. The van der Waals surface area contributed by atoms with E-state index in [0.717, 1.165) is 56.4 Å². The van der Waals surface area contributed by atoms with Crippen LogP contribution in [0.15, 0.2) is 46.1 Å². The minimum Gasteiger partial charge on any atom is -0.364 e. The molecule has 1 aliphatic rings. The van der Waals surface area contributed by atoms with Crippen LogP contribution in [0.2, 0.25) is 0 Å². The van der Waals surface area contributed by atoms with Crippen LogP contribution in [0.4, 0.5) is 0 Å². The molecule has 2 heterocycles. The molecule has 1 fully saturated rings. The summed E-state index contributed by atoms with van der Waals surface area (Å²) in [4.78, 5) is 21.3. The van der Waals surface area contributed by atoms with Gasteiger partial charge in [0.25, 0.3) is 5.91 Å². The van der Waals surface area contributed by atoms with Gasteiger partial charge in [0.1, 0.15) is 6.26 Å². The fourth-order valence-corrected chi connectivity index (χ4v) is 3.36. The highest BCUT2D eigenvalue weighted by atomic mass is 16.5. The third kappa shape index (κ3) is 6.06. The number of rotatable bonds is 7. The van der Waals surface area contributed by atoms with Gasteiger partial charge in [-0.1, -0.05) is 24.2 Å². The van der Waals surface area contributed by atoms with E-state index in [0.29, 0.717) is 12.1 Å². The van der Waals surface area contributed by atoms with Crippen LogP contribution in [-0.4, -0.2) is 66.1 Å². The Balaban J connectivity index is 1.46. The zero-order valence-corrected chi connectivity index (χ0v) is 18.1. The van der Waals surface area contributed by atoms with E-state index in [4.69, 9.17) is 4.52 Å². The van der Waals surface area contributed by atoms with Gasteiger partial charge in [0.05, 0.1) is 5.69 Å². The number of carbonyl (C=O) groups is 1. The summed E-state index contributed by atoms with van der Waals surface area (Å²) >= 11 is 0. The van der Waals surface area contributed by atoms with E-state index in [1.807, 2.05) is 44.3 Å². The molecular weight excluding hydrogens is 380 g/mol. The summed E-state index contributed by atoms with van der Waals surface area (Å²) in [6.45, 7) is 9.27. The Morgan fingerprint density at radius 2 is 1.93 bits per heavy atom. The molecule has 1 aliphatic heterocycles. The quantitative estimate of drug-likeness (QED) is 0.535. The smallest absolute Gasteiger partial charge is 0.251 e. The first kappa shape index (κ1) is 21.8. The van der Waals surface area contributed by atoms with Crippen LogP contribution in [0, 0.1) is 0 Å². The van der Waals surface area contributed by atoms with E-state index < -0.39 is 0 Å². The van der Waals surface area contributed by atoms with Crippen molar-refractivity contribution >= 4 is 11.9 Å². The number of amides is 1. The summed E-state index contributed by atoms with van der Waals surface area (Å²) in [6, 6.07) is 9.81. The first-order chi connectivity index (χ1) is 14.6. The van der Waals surface area contributed by atoms with Crippen molar-refractivity contribution in [2.75, 3.05) is 33.2 Å². The van der Waals surface area contributed by atoms with Gasteiger partial charge in [0.2, 0.25) is 0 Å². The van der Waals surface area contributed by atoms with Gasteiger partial charge in [-0.25, -0.2) is 0 Å². The Kier molecular flexibility index (Phi) is 7.84. The second kappa shape index (κ2) is 10.8. The Hall–Kier alpha value is -2.87. The second-order valence-electron chi connectivity index (χ2n) is 7.63. The van der Waals surface area contributed by atoms with E-state index in [1.54, 1.807) is 6.26 Å². The van der Waals surface area contributed by atoms with Crippen LogP contribution < -0.4 is 10.6 Å². The molecule has 0 radical (unpaired) electrons. The standard InChI is InChI=1S/C22H32N6O2/c1-4-17(2)25-21(29)19-7-5-18(6-8-19)15-24-22(23-3)28-12-10-27(11-13-28)16-20-9-14-30-26-20/h5-9,14,17H,4,10-13,15-16H2,1-3H3,(H,23,24)(H,25,29). The summed E-state index contributed by atoms with van der Waals surface area (Å²) in [5.74, 6) is 0.873. The summed E-state index contributed by atoms with van der Waals surface area (Å²) in [5.41, 5.74) is 2.76. The zero-order valence-electron chi connectivity index (χ0n) is 18.1. The third-order valence-corrected chi connectivity index (χ3v) is 5.42. The molecule has 0 aliphatic carbocycles. The number of hydrogen-bond acceptors (Lipinski definition) is 5. The largest absolute Gasteiger partial charge is 0.364 e. The van der Waals surface area contributed by atoms with Gasteiger partial charge in [0.15, 0.2) is 5.96 Å². The van der Waals surface area contributed by atoms with E-state index in [2.05, 4.69) is 37.5 Å². The minimum absolute atomic E-state index is 0.0249. The van der Waals surface area contributed by atoms with E-state index in [9.17, 15) is 4.79 Å². The zero-order chi connectivity index (χ0) is 21.3. The number of aliphatic imine (C=N–C) groups is 1. The number of benzene rings is 1. The van der Waals surface area contributed by atoms with Gasteiger partial charge in [0, 0.05) is 64.0 Å². The maximum atomic E-state index is 12.2. The number of piperazine rings is 1. The van der Waals surface area contributed by atoms with Crippen molar-refractivity contribution in [1.29, 1.82) is 0 Å². The van der Waals surface area contributed by atoms with Crippen LogP contribution >= 0.6 is 0 Å². The number of nitrogens with zero attached hydrogens (tertiary/aromatic N) is 4. The molecule has 1 atom stereocenters. The summed E-state index contributed by atoms with van der Waals surface area (Å²) < 4.78 is 4.91. The van der Waals surface area contributed by atoms with Crippen molar-refractivity contribution in [3.63, 3.8) is 0 Å². The highest BCUT2D eigenvalue weighted by molar-refractivity contribution is 5.94. The molecule has 162 valence electrons. The van der Waals surface area contributed by atoms with Crippen molar-refractivity contribution in [3.05, 3.63) is 53.4 Å². The van der Waals surface area contributed by atoms with E-state index in [1.165, 1.54) is 0 Å². The van der Waals surface area contributed by atoms with Gasteiger partial charge >= 0.3 is 0 Å². The van der Waals surface area contributed by atoms with Crippen LogP contribution in [0.3, 0.4) is 0 Å². The molecule has 1 aromatic heterocycles. The Labute approximate surface area is 178 Å². The fraction of sp³-hybridized carbons (Fsp3) is 0.500. The highest BCUT2D eigenvalue weighted by Gasteiger charge is 2.20. The lowest BCUT2D eigenvalue weighted by Crippen LogP contribution is -2.52. The predicted octanol–water partition coefficient (Wildman–Crippen LogP) is 2.10. The molecular formula is C22H32N6O2. The summed E-state index contributed by atoms with van der Waals surface area (Å²) in [7, 11) is 1.81. The molecule has 8 nitrogen and oxygen atoms in total. The molecule has 1 aromatic carbocycles. The molecule has 0 spiro atoms. The molecule has 0 bridgehead atoms. The van der Waals surface area contributed by atoms with E-state index in [-0.39, 0.29) is 11.9 Å². The molecule has 1 amide bonds. The second-order valence-corrected chi connectivity index (χ2v) is 7.63. The Morgan fingerprint density at radius 3 is 2.53 bits per heavy atom. The normalized spacial score (nSPS) is 16.4. The maximum Gasteiger partial charge on any atom is 0.251 e. The lowest BCUT2D eigenvalue weighted by molar-refractivity contribution is 0.0939. The predicted molar refractivity (Wildman–Crippen MR) is 117 cm³/mol. The Morgan fingerprint density at radius 1 is 1.20 bits per heavy atom. The molecule has 8 heteroatoms. The summed E-state index contributed by atoms with van der Waals surface area (Å²) in [5, 5.41) is 10.4. The third-order valence-electron chi connectivity index (χ3n) is 5.42.